The molecule has 0 saturated carbocycles. The Labute approximate surface area is 132 Å². The number of nitrogens with two attached hydrogens (primary N) is 1. The van der Waals surface area contributed by atoms with Gasteiger partial charge in [-0.15, -0.1) is 24.0 Å². The molecule has 0 aliphatic rings. The Balaban J connectivity index is 0.00000324. The van der Waals surface area contributed by atoms with E-state index in [0.29, 0.717) is 18.5 Å². The smallest absolute Gasteiger partial charge is 0.189 e. The minimum Gasteiger partial charge on any atom is -0.494 e. The molecule has 0 saturated heterocycles. The number of nitrogens with one attached hydrogen (secondary N) is 1. The van der Waals surface area contributed by atoms with Crippen LogP contribution in [-0.4, -0.2) is 18.6 Å². The van der Waals surface area contributed by atoms with E-state index in [9.17, 15) is 0 Å². The topological polar surface area (TPSA) is 59.6 Å². The van der Waals surface area contributed by atoms with Crippen LogP contribution in [0, 0.1) is 0 Å². The summed E-state index contributed by atoms with van der Waals surface area (Å²) in [6.07, 6.45) is 1.01. The van der Waals surface area contributed by atoms with E-state index in [1.807, 2.05) is 38.1 Å². The number of aliphatic imine (C=N–C) groups is 1. The van der Waals surface area contributed by atoms with Gasteiger partial charge in [0.05, 0.1) is 13.2 Å². The lowest BCUT2D eigenvalue weighted by Gasteiger charge is -2.09. The number of hydrogen-bond donors (Lipinski definition) is 2. The van der Waals surface area contributed by atoms with Crippen molar-refractivity contribution in [2.75, 3.05) is 6.61 Å². The van der Waals surface area contributed by atoms with E-state index < -0.39 is 0 Å². The molecule has 0 radical (unpaired) electrons. The van der Waals surface area contributed by atoms with Crippen LogP contribution in [0.4, 0.5) is 0 Å². The zero-order valence-electron chi connectivity index (χ0n) is 11.8. The van der Waals surface area contributed by atoms with E-state index in [1.165, 1.54) is 0 Å². The van der Waals surface area contributed by atoms with Gasteiger partial charge in [-0.1, -0.05) is 19.1 Å². The molecule has 19 heavy (non-hydrogen) atoms. The molecule has 0 atom stereocenters. The Morgan fingerprint density at radius 3 is 2.79 bits per heavy atom. The first-order chi connectivity index (χ1) is 8.61. The first kappa shape index (κ1) is 18.0. The number of ether oxygens (including phenoxy) is 1. The minimum absolute atomic E-state index is 0. The van der Waals surface area contributed by atoms with E-state index in [2.05, 4.69) is 17.2 Å². The summed E-state index contributed by atoms with van der Waals surface area (Å²) in [5.41, 5.74) is 6.84. The number of rotatable bonds is 6. The van der Waals surface area contributed by atoms with Crippen LogP contribution in [0.1, 0.15) is 32.8 Å². The second-order valence-electron chi connectivity index (χ2n) is 4.50. The Hall–Kier alpha value is -0.980. The van der Waals surface area contributed by atoms with Gasteiger partial charge in [-0.05, 0) is 38.0 Å². The molecule has 0 aromatic heterocycles. The quantitative estimate of drug-likeness (QED) is 0.455. The lowest BCUT2D eigenvalue weighted by molar-refractivity contribution is 0.317. The van der Waals surface area contributed by atoms with Gasteiger partial charge in [0.15, 0.2) is 5.96 Å². The van der Waals surface area contributed by atoms with Crippen molar-refractivity contribution in [3.05, 3.63) is 29.8 Å². The highest BCUT2D eigenvalue weighted by Gasteiger charge is 1.98. The predicted molar refractivity (Wildman–Crippen MR) is 91.2 cm³/mol. The monoisotopic (exact) mass is 377 g/mol. The summed E-state index contributed by atoms with van der Waals surface area (Å²) in [5, 5.41) is 3.06. The minimum atomic E-state index is 0. The molecule has 0 unspecified atom stereocenters. The SMILES string of the molecule is CCCOc1cccc(CN=C(N)NC(C)C)c1.I. The van der Waals surface area contributed by atoms with E-state index in [1.54, 1.807) is 0 Å². The molecule has 1 aromatic carbocycles. The van der Waals surface area contributed by atoms with Gasteiger partial charge in [0.1, 0.15) is 5.75 Å². The zero-order chi connectivity index (χ0) is 13.4. The molecule has 0 heterocycles. The molecule has 0 spiro atoms. The van der Waals surface area contributed by atoms with Crippen molar-refractivity contribution in [3.63, 3.8) is 0 Å². The molecule has 108 valence electrons. The van der Waals surface area contributed by atoms with Crippen LogP contribution in [0.2, 0.25) is 0 Å². The van der Waals surface area contributed by atoms with Crippen molar-refractivity contribution in [1.29, 1.82) is 0 Å². The van der Waals surface area contributed by atoms with Gasteiger partial charge in [0, 0.05) is 6.04 Å². The maximum absolute atomic E-state index is 5.75. The van der Waals surface area contributed by atoms with Crippen molar-refractivity contribution >= 4 is 29.9 Å². The molecule has 0 aliphatic heterocycles. The number of guanidine groups is 1. The summed E-state index contributed by atoms with van der Waals surface area (Å²) >= 11 is 0. The predicted octanol–water partition coefficient (Wildman–Crippen LogP) is 2.91. The maximum atomic E-state index is 5.75. The molecule has 5 heteroatoms. The van der Waals surface area contributed by atoms with Gasteiger partial charge in [0.25, 0.3) is 0 Å². The summed E-state index contributed by atoms with van der Waals surface area (Å²) in [7, 11) is 0. The zero-order valence-corrected chi connectivity index (χ0v) is 14.2. The van der Waals surface area contributed by atoms with Crippen LogP contribution >= 0.6 is 24.0 Å². The standard InChI is InChI=1S/C14H23N3O.HI/c1-4-8-18-13-7-5-6-12(9-13)10-16-14(15)17-11(2)3;/h5-7,9,11H,4,8,10H2,1-3H3,(H3,15,16,17);1H. The third-order valence-electron chi connectivity index (χ3n) is 2.24. The lowest BCUT2D eigenvalue weighted by atomic mass is 10.2. The average Bonchev–Trinajstić information content (AvgIpc) is 2.33. The second kappa shape index (κ2) is 9.89. The van der Waals surface area contributed by atoms with E-state index in [0.717, 1.165) is 24.3 Å². The highest BCUT2D eigenvalue weighted by molar-refractivity contribution is 14.0. The van der Waals surface area contributed by atoms with Crippen LogP contribution in [0.25, 0.3) is 0 Å². The van der Waals surface area contributed by atoms with Crippen molar-refractivity contribution < 1.29 is 4.74 Å². The summed E-state index contributed by atoms with van der Waals surface area (Å²) < 4.78 is 5.57. The Kier molecular flexibility index (Phi) is 9.38. The fourth-order valence-electron chi connectivity index (χ4n) is 1.47. The second-order valence-corrected chi connectivity index (χ2v) is 4.50. The number of benzene rings is 1. The molecule has 3 N–H and O–H groups in total. The maximum Gasteiger partial charge on any atom is 0.189 e. The van der Waals surface area contributed by atoms with Crippen molar-refractivity contribution in [3.8, 4) is 5.75 Å². The van der Waals surface area contributed by atoms with Gasteiger partial charge in [0.2, 0.25) is 0 Å². The summed E-state index contributed by atoms with van der Waals surface area (Å²) in [6, 6.07) is 8.25. The number of nitrogens with zero attached hydrogens (tertiary/aromatic N) is 1. The van der Waals surface area contributed by atoms with Crippen LogP contribution in [0.3, 0.4) is 0 Å². The summed E-state index contributed by atoms with van der Waals surface area (Å²) in [4.78, 5) is 4.28. The molecule has 0 amide bonds. The van der Waals surface area contributed by atoms with Crippen LogP contribution in [0.15, 0.2) is 29.3 Å². The average molecular weight is 377 g/mol. The van der Waals surface area contributed by atoms with Crippen LogP contribution in [-0.2, 0) is 6.54 Å². The van der Waals surface area contributed by atoms with Crippen molar-refractivity contribution in [2.24, 2.45) is 10.7 Å². The fourth-order valence-corrected chi connectivity index (χ4v) is 1.47. The van der Waals surface area contributed by atoms with E-state index >= 15 is 0 Å². The highest BCUT2D eigenvalue weighted by atomic mass is 127. The van der Waals surface area contributed by atoms with E-state index in [4.69, 9.17) is 10.5 Å². The number of halogens is 1. The molecule has 1 aromatic rings. The normalized spacial score (nSPS) is 11.1. The summed E-state index contributed by atoms with van der Waals surface area (Å²) in [6.45, 7) is 7.45. The molecule has 0 bridgehead atoms. The molecular weight excluding hydrogens is 353 g/mol. The van der Waals surface area contributed by atoms with Gasteiger partial charge in [-0.25, -0.2) is 4.99 Å². The van der Waals surface area contributed by atoms with Crippen molar-refractivity contribution in [1.82, 2.24) is 5.32 Å². The molecule has 4 nitrogen and oxygen atoms in total. The van der Waals surface area contributed by atoms with Crippen LogP contribution < -0.4 is 15.8 Å². The van der Waals surface area contributed by atoms with E-state index in [-0.39, 0.29) is 24.0 Å². The molecular formula is C14H24IN3O. The molecule has 1 rings (SSSR count). The Morgan fingerprint density at radius 1 is 1.42 bits per heavy atom. The van der Waals surface area contributed by atoms with Crippen molar-refractivity contribution in [2.45, 2.75) is 39.8 Å². The number of hydrogen-bond acceptors (Lipinski definition) is 2. The third-order valence-corrected chi connectivity index (χ3v) is 2.24. The molecule has 0 fully saturated rings. The van der Waals surface area contributed by atoms with Gasteiger partial charge in [-0.2, -0.15) is 0 Å². The first-order valence-corrected chi connectivity index (χ1v) is 6.40. The largest absolute Gasteiger partial charge is 0.494 e. The summed E-state index contributed by atoms with van der Waals surface area (Å²) in [5.74, 6) is 1.37. The van der Waals surface area contributed by atoms with Crippen LogP contribution in [0.5, 0.6) is 5.75 Å². The van der Waals surface area contributed by atoms with Gasteiger partial charge in [-0.3, -0.25) is 0 Å². The molecule has 0 aliphatic carbocycles. The fraction of sp³-hybridized carbons (Fsp3) is 0.500. The lowest BCUT2D eigenvalue weighted by Crippen LogP contribution is -2.36. The van der Waals surface area contributed by atoms with Gasteiger partial charge < -0.3 is 15.8 Å². The Morgan fingerprint density at radius 2 is 2.16 bits per heavy atom. The first-order valence-electron chi connectivity index (χ1n) is 6.40. The Bertz CT molecular complexity index is 394. The highest BCUT2D eigenvalue weighted by Crippen LogP contribution is 2.14. The van der Waals surface area contributed by atoms with Gasteiger partial charge >= 0.3 is 0 Å². The third kappa shape index (κ3) is 7.92.